The van der Waals surface area contributed by atoms with E-state index in [1.165, 1.54) is 25.7 Å². The van der Waals surface area contributed by atoms with Gasteiger partial charge in [0.1, 0.15) is 0 Å². The van der Waals surface area contributed by atoms with E-state index in [0.29, 0.717) is 29.8 Å². The van der Waals surface area contributed by atoms with Crippen LogP contribution in [0.25, 0.3) is 0 Å². The molecule has 0 bridgehead atoms. The van der Waals surface area contributed by atoms with Crippen LogP contribution in [0.1, 0.15) is 99.3 Å². The summed E-state index contributed by atoms with van der Waals surface area (Å²) in [6.45, 7) is 14.9. The van der Waals surface area contributed by atoms with Gasteiger partial charge in [0.15, 0.2) is 6.29 Å². The molecule has 33 heavy (non-hydrogen) atoms. The number of aliphatic hydroxyl groups excluding tert-OH is 2. The molecule has 6 rings (SSSR count). The molecule has 0 amide bonds. The van der Waals surface area contributed by atoms with Crippen LogP contribution < -0.4 is 0 Å². The first-order chi connectivity index (χ1) is 15.5. The number of ether oxygens (including phenoxy) is 2. The predicted octanol–water partition coefficient (Wildman–Crippen LogP) is 5.54. The van der Waals surface area contributed by atoms with Gasteiger partial charge >= 0.3 is 0 Å². The minimum Gasteiger partial charge on any atom is -0.393 e. The molecule has 0 aromatic heterocycles. The summed E-state index contributed by atoms with van der Waals surface area (Å²) in [6, 6.07) is 0. The van der Waals surface area contributed by atoms with Crippen LogP contribution >= 0.6 is 0 Å². The highest BCUT2D eigenvalue weighted by atomic mass is 16.7. The van der Waals surface area contributed by atoms with Gasteiger partial charge in [-0.15, -0.1) is 0 Å². The molecule has 4 nitrogen and oxygen atoms in total. The second-order valence-electron chi connectivity index (χ2n) is 14.4. The maximum Gasteiger partial charge on any atom is 0.157 e. The lowest BCUT2D eigenvalue weighted by Crippen LogP contribution is -2.61. The molecule has 6 aliphatic rings. The highest BCUT2D eigenvalue weighted by Crippen LogP contribution is 2.89. The van der Waals surface area contributed by atoms with Crippen LogP contribution in [0.15, 0.2) is 0 Å². The molecule has 2 N–H and O–H groups in total. The molecule has 2 spiro atoms. The molecule has 5 saturated carbocycles. The van der Waals surface area contributed by atoms with E-state index in [1.54, 1.807) is 0 Å². The van der Waals surface area contributed by atoms with Crippen LogP contribution in [0.2, 0.25) is 0 Å². The minimum absolute atomic E-state index is 0.0528. The molecule has 188 valence electrons. The Morgan fingerprint density at radius 1 is 0.939 bits per heavy atom. The van der Waals surface area contributed by atoms with Gasteiger partial charge in [-0.25, -0.2) is 0 Å². The Hall–Kier alpha value is -0.160. The third-order valence-electron chi connectivity index (χ3n) is 13.2. The van der Waals surface area contributed by atoms with Gasteiger partial charge in [-0.05, 0) is 115 Å². The third-order valence-corrected chi connectivity index (χ3v) is 13.2. The molecule has 1 aliphatic heterocycles. The number of hydrogen-bond donors (Lipinski definition) is 2. The van der Waals surface area contributed by atoms with Gasteiger partial charge < -0.3 is 19.7 Å². The van der Waals surface area contributed by atoms with Crippen molar-refractivity contribution in [1.29, 1.82) is 0 Å². The van der Waals surface area contributed by atoms with Crippen molar-refractivity contribution in [2.24, 2.45) is 50.7 Å². The van der Waals surface area contributed by atoms with Gasteiger partial charge in [0.25, 0.3) is 0 Å². The summed E-state index contributed by atoms with van der Waals surface area (Å²) in [6.07, 6.45) is 9.77. The average molecular weight is 461 g/mol. The van der Waals surface area contributed by atoms with Gasteiger partial charge in [-0.3, -0.25) is 0 Å². The molecule has 6 fully saturated rings. The van der Waals surface area contributed by atoms with Crippen molar-refractivity contribution in [3.63, 3.8) is 0 Å². The smallest absolute Gasteiger partial charge is 0.157 e. The first-order valence-electron chi connectivity index (χ1n) is 14.1. The van der Waals surface area contributed by atoms with Gasteiger partial charge in [-0.1, -0.05) is 34.6 Å². The molecule has 2 unspecified atom stereocenters. The largest absolute Gasteiger partial charge is 0.393 e. The van der Waals surface area contributed by atoms with Crippen LogP contribution in [0.4, 0.5) is 0 Å². The second-order valence-corrected chi connectivity index (χ2v) is 14.4. The Labute approximate surface area is 201 Å². The highest BCUT2D eigenvalue weighted by Gasteiger charge is 2.84. The fourth-order valence-corrected chi connectivity index (χ4v) is 11.8. The molecular weight excluding hydrogens is 412 g/mol. The number of rotatable bonds is 2. The molecule has 0 radical (unpaired) electrons. The van der Waals surface area contributed by atoms with E-state index in [4.69, 9.17) is 9.47 Å². The summed E-state index contributed by atoms with van der Waals surface area (Å²) in [5.74, 6) is 2.04. The van der Waals surface area contributed by atoms with Gasteiger partial charge in [-0.2, -0.15) is 0 Å². The summed E-state index contributed by atoms with van der Waals surface area (Å²) in [5, 5.41) is 22.6. The van der Waals surface area contributed by atoms with E-state index in [0.717, 1.165) is 32.1 Å². The lowest BCUT2D eigenvalue weighted by molar-refractivity contribution is -0.198. The first kappa shape index (κ1) is 23.3. The van der Waals surface area contributed by atoms with Crippen LogP contribution in [0.5, 0.6) is 0 Å². The summed E-state index contributed by atoms with van der Waals surface area (Å²) < 4.78 is 12.8. The molecule has 4 heteroatoms. The Morgan fingerprint density at radius 3 is 2.42 bits per heavy atom. The summed E-state index contributed by atoms with van der Waals surface area (Å²) >= 11 is 0. The van der Waals surface area contributed by atoms with Gasteiger partial charge in [0.2, 0.25) is 0 Å². The van der Waals surface area contributed by atoms with E-state index in [1.807, 2.05) is 0 Å². The van der Waals surface area contributed by atoms with Crippen molar-refractivity contribution in [2.45, 2.75) is 124 Å². The van der Waals surface area contributed by atoms with E-state index in [-0.39, 0.29) is 52.2 Å². The standard InChI is InChI=1S/C29H48O4/c1-7-32-22-9-8-17(2)23-19(33-22)15-27(6)20-14-18(30)24-25(3,4)21(31)10-11-29(24)16-28(20,29)13-12-26(23,27)5/h17-24,30-31H,7-16H2,1-6H3/t17-,18+,19+,20+,21+,22?,23+,24?,26-,27+,28+,29-/m1/s1. The molecule has 1 saturated heterocycles. The van der Waals surface area contributed by atoms with Crippen molar-refractivity contribution >= 4 is 0 Å². The lowest BCUT2D eigenvalue weighted by atomic mass is 9.41. The average Bonchev–Trinajstić information content (AvgIpc) is 3.36. The fourth-order valence-electron chi connectivity index (χ4n) is 11.8. The number of fused-ring (bicyclic) bond motifs is 4. The zero-order chi connectivity index (χ0) is 23.6. The highest BCUT2D eigenvalue weighted by molar-refractivity contribution is 5.32. The van der Waals surface area contributed by atoms with E-state index in [2.05, 4.69) is 41.5 Å². The zero-order valence-electron chi connectivity index (χ0n) is 21.9. The normalized spacial score (nSPS) is 61.1. The zero-order valence-corrected chi connectivity index (χ0v) is 21.9. The fraction of sp³-hybridized carbons (Fsp3) is 1.00. The quantitative estimate of drug-likeness (QED) is 0.568. The summed E-state index contributed by atoms with van der Waals surface area (Å²) in [4.78, 5) is 0. The van der Waals surface area contributed by atoms with E-state index in [9.17, 15) is 10.2 Å². The number of hydrogen-bond acceptors (Lipinski definition) is 4. The lowest BCUT2D eigenvalue weighted by Gasteiger charge is -2.64. The molecule has 1 heterocycles. The molecular formula is C29H48O4. The van der Waals surface area contributed by atoms with Crippen molar-refractivity contribution in [2.75, 3.05) is 6.61 Å². The van der Waals surface area contributed by atoms with E-state index < -0.39 is 0 Å². The Morgan fingerprint density at radius 2 is 1.70 bits per heavy atom. The monoisotopic (exact) mass is 460 g/mol. The third kappa shape index (κ3) is 2.63. The molecule has 0 aromatic rings. The van der Waals surface area contributed by atoms with Crippen molar-refractivity contribution in [3.8, 4) is 0 Å². The Kier molecular flexibility index (Phi) is 4.92. The summed E-state index contributed by atoms with van der Waals surface area (Å²) in [5.41, 5.74) is 0.868. The minimum atomic E-state index is -0.297. The van der Waals surface area contributed by atoms with E-state index >= 15 is 0 Å². The van der Waals surface area contributed by atoms with Crippen LogP contribution in [0, 0.1) is 50.7 Å². The number of aliphatic hydroxyl groups is 2. The Bertz CT molecular complexity index is 811. The van der Waals surface area contributed by atoms with Crippen LogP contribution in [-0.2, 0) is 9.47 Å². The van der Waals surface area contributed by atoms with Gasteiger partial charge in [0, 0.05) is 6.61 Å². The molecule has 5 aliphatic carbocycles. The topological polar surface area (TPSA) is 58.9 Å². The van der Waals surface area contributed by atoms with Crippen molar-refractivity contribution in [3.05, 3.63) is 0 Å². The Balaban J connectivity index is 1.38. The maximum atomic E-state index is 11.7. The van der Waals surface area contributed by atoms with Crippen molar-refractivity contribution in [1.82, 2.24) is 0 Å². The SMILES string of the molecule is CCOC1CC[C@@H](C)[C@H]2[C@H](C[C@@]3(C)[C@@H]4C[C@H](O)C5C(C)(C)[C@@H](O)CC[C@@]56C[C@@]46CC[C@]23C)O1. The maximum absolute atomic E-state index is 11.7. The summed E-state index contributed by atoms with van der Waals surface area (Å²) in [7, 11) is 0. The van der Waals surface area contributed by atoms with Crippen LogP contribution in [0.3, 0.4) is 0 Å². The van der Waals surface area contributed by atoms with Crippen LogP contribution in [-0.4, -0.2) is 41.4 Å². The van der Waals surface area contributed by atoms with Gasteiger partial charge in [0.05, 0.1) is 18.3 Å². The second kappa shape index (κ2) is 6.99. The first-order valence-corrected chi connectivity index (χ1v) is 14.1. The predicted molar refractivity (Wildman–Crippen MR) is 128 cm³/mol. The molecule has 12 atom stereocenters. The molecule has 0 aromatic carbocycles. The van der Waals surface area contributed by atoms with Crippen molar-refractivity contribution < 1.29 is 19.7 Å².